The number of benzene rings is 1. The van der Waals surface area contributed by atoms with Crippen molar-refractivity contribution in [3.05, 3.63) is 42.5 Å². The first kappa shape index (κ1) is 20.2. The number of non-ortho nitro benzene ring substituents is 1. The number of phenolic OH excluding ortho intramolecular Hbond substituents is 1. The van der Waals surface area contributed by atoms with Crippen molar-refractivity contribution in [2.24, 2.45) is 0 Å². The average Bonchev–Trinajstić information content (AvgIpc) is 2.45. The summed E-state index contributed by atoms with van der Waals surface area (Å²) in [6, 6.07) is 0.894. The number of rotatable bonds is 6. The molecule has 0 saturated heterocycles. The number of aromatic hydroxyl groups is 1. The first-order valence-corrected chi connectivity index (χ1v) is 5.71. The van der Waals surface area contributed by atoms with Crippen LogP contribution >= 0.6 is 0 Å². The fraction of sp³-hybridized carbons (Fsp3) is 0.200. The summed E-state index contributed by atoms with van der Waals surface area (Å²) in [5.41, 5.74) is -3.00. The summed E-state index contributed by atoms with van der Waals surface area (Å²) in [6.07, 6.45) is -0.593. The lowest BCUT2D eigenvalue weighted by Crippen LogP contribution is -2.00. The molecule has 0 unspecified atom stereocenters. The van der Waals surface area contributed by atoms with E-state index in [1.54, 1.807) is 0 Å². The fourth-order valence-corrected chi connectivity index (χ4v) is 1.19. The summed E-state index contributed by atoms with van der Waals surface area (Å²) in [7, 11) is 0. The number of aliphatic carboxylic acids is 2. The van der Waals surface area contributed by atoms with E-state index in [1.165, 1.54) is 0 Å². The number of carboxylic acids is 2. The number of phenols is 1. The van der Waals surface area contributed by atoms with Crippen molar-refractivity contribution in [3.63, 3.8) is 0 Å². The largest absolute Gasteiger partial charge is 0.497 e. The number of nitrogens with zero attached hydrogens (tertiary/aromatic N) is 3. The molecule has 14 nitrogen and oxygen atoms in total. The molecular weight excluding hydrogens is 338 g/mol. The second-order valence-corrected chi connectivity index (χ2v) is 3.89. The highest BCUT2D eigenvalue weighted by Crippen LogP contribution is 2.38. The van der Waals surface area contributed by atoms with Gasteiger partial charge < -0.3 is 15.3 Å². The van der Waals surface area contributed by atoms with E-state index in [0.717, 1.165) is 0 Å². The molecular formula is C10H9N3O11. The van der Waals surface area contributed by atoms with Gasteiger partial charge in [-0.15, -0.1) is 0 Å². The molecule has 0 aromatic heterocycles. The lowest BCUT2D eigenvalue weighted by molar-refractivity contribution is -0.404. The number of carboxylic acid groups (broad SMARTS) is 2. The zero-order chi connectivity index (χ0) is 19.0. The van der Waals surface area contributed by atoms with E-state index in [9.17, 15) is 39.9 Å². The first-order chi connectivity index (χ1) is 11.0. The zero-order valence-corrected chi connectivity index (χ0v) is 11.5. The molecule has 3 N–H and O–H groups in total. The maximum atomic E-state index is 10.4. The molecule has 1 aromatic carbocycles. The van der Waals surface area contributed by atoms with E-state index in [0.29, 0.717) is 12.1 Å². The van der Waals surface area contributed by atoms with E-state index in [4.69, 9.17) is 15.3 Å². The highest BCUT2D eigenvalue weighted by Gasteiger charge is 2.30. The van der Waals surface area contributed by atoms with E-state index >= 15 is 0 Å². The molecule has 0 aliphatic carbocycles. The summed E-state index contributed by atoms with van der Waals surface area (Å²) in [6.45, 7) is 0. The molecule has 24 heavy (non-hydrogen) atoms. The summed E-state index contributed by atoms with van der Waals surface area (Å²) < 4.78 is 0. The highest BCUT2D eigenvalue weighted by molar-refractivity contribution is 5.75. The van der Waals surface area contributed by atoms with Crippen LogP contribution in [0.4, 0.5) is 17.1 Å². The predicted octanol–water partition coefficient (Wildman–Crippen LogP) is 1.05. The van der Waals surface area contributed by atoms with E-state index in [-0.39, 0.29) is 12.8 Å². The molecule has 0 fully saturated rings. The van der Waals surface area contributed by atoms with Crippen LogP contribution in [-0.2, 0) is 9.59 Å². The molecule has 0 aliphatic heterocycles. The molecule has 0 heterocycles. The van der Waals surface area contributed by atoms with Crippen LogP contribution in [0.5, 0.6) is 5.75 Å². The first-order valence-electron chi connectivity index (χ1n) is 5.71. The topological polar surface area (TPSA) is 224 Å². The third kappa shape index (κ3) is 6.29. The van der Waals surface area contributed by atoms with Crippen molar-refractivity contribution in [3.8, 4) is 5.75 Å². The Bertz CT molecular complexity index is 650. The number of hydrogen-bond acceptors (Lipinski definition) is 9. The van der Waals surface area contributed by atoms with Gasteiger partial charge in [0.2, 0.25) is 0 Å². The van der Waals surface area contributed by atoms with Crippen molar-refractivity contribution in [2.75, 3.05) is 0 Å². The monoisotopic (exact) mass is 347 g/mol. The van der Waals surface area contributed by atoms with Crippen LogP contribution in [0.2, 0.25) is 0 Å². The SMILES string of the molecule is O=C(O)CCC(=O)O.O=[N+]([O-])c1cc([N+](=O)[O-])c(O)c([N+](=O)[O-])c1. The van der Waals surface area contributed by atoms with Crippen molar-refractivity contribution in [2.45, 2.75) is 12.8 Å². The van der Waals surface area contributed by atoms with Crippen LogP contribution in [0, 0.1) is 30.3 Å². The zero-order valence-electron chi connectivity index (χ0n) is 11.5. The van der Waals surface area contributed by atoms with Crippen molar-refractivity contribution in [1.29, 1.82) is 0 Å². The Morgan fingerprint density at radius 3 is 1.38 bits per heavy atom. The van der Waals surface area contributed by atoms with Crippen LogP contribution in [-0.4, -0.2) is 42.0 Å². The molecule has 0 spiro atoms. The van der Waals surface area contributed by atoms with Crippen molar-refractivity contribution >= 4 is 29.0 Å². The van der Waals surface area contributed by atoms with Gasteiger partial charge in [0.1, 0.15) is 0 Å². The Morgan fingerprint density at radius 2 is 1.17 bits per heavy atom. The molecule has 1 aromatic rings. The molecule has 1 rings (SSSR count). The number of nitro groups is 3. The van der Waals surface area contributed by atoms with Gasteiger partial charge in [0, 0.05) is 0 Å². The number of nitro benzene ring substituents is 3. The smallest absolute Gasteiger partial charge is 0.324 e. The van der Waals surface area contributed by atoms with E-state index < -0.39 is 49.5 Å². The highest BCUT2D eigenvalue weighted by atomic mass is 16.6. The van der Waals surface area contributed by atoms with Gasteiger partial charge >= 0.3 is 23.3 Å². The average molecular weight is 347 g/mol. The molecule has 0 bridgehead atoms. The third-order valence-corrected chi connectivity index (χ3v) is 2.21. The van der Waals surface area contributed by atoms with Crippen molar-refractivity contribution in [1.82, 2.24) is 0 Å². The molecule has 0 atom stereocenters. The van der Waals surface area contributed by atoms with Gasteiger partial charge in [-0.05, 0) is 0 Å². The van der Waals surface area contributed by atoms with Gasteiger partial charge in [-0.2, -0.15) is 0 Å². The molecule has 14 heteroatoms. The van der Waals surface area contributed by atoms with Gasteiger partial charge in [0.25, 0.3) is 11.4 Å². The summed E-state index contributed by atoms with van der Waals surface area (Å²) in [5.74, 6) is -3.36. The van der Waals surface area contributed by atoms with Crippen LogP contribution in [0.3, 0.4) is 0 Å². The van der Waals surface area contributed by atoms with Gasteiger partial charge in [-0.1, -0.05) is 0 Å². The van der Waals surface area contributed by atoms with E-state index in [2.05, 4.69) is 0 Å². The third-order valence-electron chi connectivity index (χ3n) is 2.21. The Balaban J connectivity index is 0.000000561. The Hall–Kier alpha value is -3.84. The van der Waals surface area contributed by atoms with Crippen LogP contribution < -0.4 is 0 Å². The predicted molar refractivity (Wildman–Crippen MR) is 72.6 cm³/mol. The molecule has 0 amide bonds. The Morgan fingerprint density at radius 1 is 0.833 bits per heavy atom. The number of hydrogen-bond donors (Lipinski definition) is 3. The maximum Gasteiger partial charge on any atom is 0.324 e. The molecule has 0 radical (unpaired) electrons. The lowest BCUT2D eigenvalue weighted by Gasteiger charge is -1.97. The Kier molecular flexibility index (Phi) is 7.20. The quantitative estimate of drug-likeness (QED) is 0.486. The van der Waals surface area contributed by atoms with Gasteiger partial charge in [-0.3, -0.25) is 39.9 Å². The second-order valence-electron chi connectivity index (χ2n) is 3.89. The summed E-state index contributed by atoms with van der Waals surface area (Å²) >= 11 is 0. The van der Waals surface area contributed by atoms with Crippen LogP contribution in [0.25, 0.3) is 0 Å². The standard InChI is InChI=1S/C6H3N3O7.C4H6O4/c10-6-4(8(13)14)1-3(7(11)12)2-5(6)9(15)16;5-3(6)1-2-4(7)8/h1-2,10H;1-2H2,(H,5,6)(H,7,8). The normalized spacial score (nSPS) is 9.33. The Labute approximate surface area is 131 Å². The number of carbonyl (C=O) groups is 2. The van der Waals surface area contributed by atoms with Crippen LogP contribution in [0.15, 0.2) is 12.1 Å². The second kappa shape index (κ2) is 8.57. The van der Waals surface area contributed by atoms with Gasteiger partial charge in [0.15, 0.2) is 0 Å². The van der Waals surface area contributed by atoms with Gasteiger partial charge in [0.05, 0.1) is 39.7 Å². The van der Waals surface area contributed by atoms with Crippen LogP contribution in [0.1, 0.15) is 12.8 Å². The minimum Gasteiger partial charge on any atom is -0.497 e. The maximum absolute atomic E-state index is 10.4. The van der Waals surface area contributed by atoms with Gasteiger partial charge in [-0.25, -0.2) is 0 Å². The summed E-state index contributed by atoms with van der Waals surface area (Å²) in [5, 5.41) is 56.0. The summed E-state index contributed by atoms with van der Waals surface area (Å²) in [4.78, 5) is 47.0. The molecule has 130 valence electrons. The minimum atomic E-state index is -1.21. The fourth-order valence-electron chi connectivity index (χ4n) is 1.19. The minimum absolute atomic E-state index is 0.296. The molecule has 0 aliphatic rings. The van der Waals surface area contributed by atoms with Crippen molar-refractivity contribution < 1.29 is 39.7 Å². The molecule has 0 saturated carbocycles. The lowest BCUT2D eigenvalue weighted by atomic mass is 10.2. The van der Waals surface area contributed by atoms with E-state index in [1.807, 2.05) is 0 Å².